The van der Waals surface area contributed by atoms with E-state index >= 15 is 0 Å². The van der Waals surface area contributed by atoms with Gasteiger partial charge in [-0.3, -0.25) is 9.48 Å². The third kappa shape index (κ3) is 3.64. The molecule has 2 aromatic heterocycles. The molecule has 1 N–H and O–H groups in total. The van der Waals surface area contributed by atoms with Crippen molar-refractivity contribution < 1.29 is 14.1 Å². The fraction of sp³-hybridized carbons (Fsp3) is 0.350. The molecule has 1 aliphatic rings. The van der Waals surface area contributed by atoms with Crippen molar-refractivity contribution in [2.45, 2.75) is 39.5 Å². The summed E-state index contributed by atoms with van der Waals surface area (Å²) in [5.74, 6) is 0.614. The molecule has 3 heterocycles. The van der Waals surface area contributed by atoms with Gasteiger partial charge in [0, 0.05) is 12.1 Å². The first-order chi connectivity index (χ1) is 13.1. The molecule has 0 bridgehead atoms. The summed E-state index contributed by atoms with van der Waals surface area (Å²) >= 11 is 0. The van der Waals surface area contributed by atoms with Gasteiger partial charge in [0.15, 0.2) is 5.69 Å². The Morgan fingerprint density at radius 3 is 2.85 bits per heavy atom. The van der Waals surface area contributed by atoms with Gasteiger partial charge in [-0.25, -0.2) is 0 Å². The highest BCUT2D eigenvalue weighted by molar-refractivity contribution is 5.92. The van der Waals surface area contributed by atoms with Crippen molar-refractivity contribution in [2.24, 2.45) is 0 Å². The van der Waals surface area contributed by atoms with Crippen molar-refractivity contribution in [1.82, 2.24) is 20.3 Å². The molecule has 1 aromatic carbocycles. The molecule has 1 aliphatic heterocycles. The van der Waals surface area contributed by atoms with Crippen LogP contribution >= 0.6 is 0 Å². The van der Waals surface area contributed by atoms with Crippen LogP contribution in [-0.4, -0.2) is 27.4 Å². The zero-order valence-electron chi connectivity index (χ0n) is 15.4. The van der Waals surface area contributed by atoms with Crippen LogP contribution in [0.5, 0.6) is 0 Å². The monoisotopic (exact) mass is 366 g/mol. The second kappa shape index (κ2) is 7.36. The summed E-state index contributed by atoms with van der Waals surface area (Å²) in [5.41, 5.74) is 4.35. The fourth-order valence-electron chi connectivity index (χ4n) is 3.36. The Kier molecular flexibility index (Phi) is 4.77. The van der Waals surface area contributed by atoms with E-state index in [0.29, 0.717) is 31.8 Å². The molecular weight excluding hydrogens is 344 g/mol. The summed E-state index contributed by atoms with van der Waals surface area (Å²) in [7, 11) is 0. The number of rotatable bonds is 5. The summed E-state index contributed by atoms with van der Waals surface area (Å²) in [5, 5.41) is 11.3. The highest BCUT2D eigenvalue weighted by Crippen LogP contribution is 2.26. The summed E-state index contributed by atoms with van der Waals surface area (Å²) in [4.78, 5) is 12.4. The summed E-state index contributed by atoms with van der Waals surface area (Å²) in [6.07, 6.45) is 0.633. The van der Waals surface area contributed by atoms with Crippen LogP contribution in [0.15, 0.2) is 40.9 Å². The number of benzene rings is 1. The first kappa shape index (κ1) is 17.5. The van der Waals surface area contributed by atoms with E-state index in [1.54, 1.807) is 6.07 Å². The predicted octanol–water partition coefficient (Wildman–Crippen LogP) is 2.73. The highest BCUT2D eigenvalue weighted by atomic mass is 16.5. The second-order valence-corrected chi connectivity index (χ2v) is 6.72. The first-order valence-electron chi connectivity index (χ1n) is 9.05. The lowest BCUT2D eigenvalue weighted by Gasteiger charge is -2.24. The highest BCUT2D eigenvalue weighted by Gasteiger charge is 2.24. The van der Waals surface area contributed by atoms with Crippen LogP contribution in [0, 0.1) is 13.8 Å². The number of hydrogen-bond donors (Lipinski definition) is 1. The molecule has 0 saturated carbocycles. The van der Waals surface area contributed by atoms with Crippen molar-refractivity contribution in [3.05, 3.63) is 70.4 Å². The Balaban J connectivity index is 1.38. The fourth-order valence-corrected chi connectivity index (χ4v) is 3.36. The lowest BCUT2D eigenvalue weighted by molar-refractivity contribution is -0.00119. The van der Waals surface area contributed by atoms with Crippen LogP contribution in [0.4, 0.5) is 0 Å². The predicted molar refractivity (Wildman–Crippen MR) is 98.2 cm³/mol. The molecule has 0 fully saturated rings. The van der Waals surface area contributed by atoms with Gasteiger partial charge in [-0.15, -0.1) is 0 Å². The molecule has 0 aliphatic carbocycles. The maximum atomic E-state index is 12.4. The molecule has 7 heteroatoms. The van der Waals surface area contributed by atoms with E-state index in [1.807, 2.05) is 48.9 Å². The number of aryl methyl sites for hydroxylation is 2. The van der Waals surface area contributed by atoms with E-state index < -0.39 is 0 Å². The number of nitrogens with zero attached hydrogens (tertiary/aromatic N) is 3. The molecule has 27 heavy (non-hydrogen) atoms. The lowest BCUT2D eigenvalue weighted by Crippen LogP contribution is -2.26. The normalized spacial score (nSPS) is 16.1. The van der Waals surface area contributed by atoms with E-state index in [2.05, 4.69) is 15.6 Å². The van der Waals surface area contributed by atoms with Crippen molar-refractivity contribution in [3.8, 4) is 0 Å². The Morgan fingerprint density at radius 2 is 2.11 bits per heavy atom. The molecule has 7 nitrogen and oxygen atoms in total. The number of nitrogens with one attached hydrogen (secondary N) is 1. The van der Waals surface area contributed by atoms with Gasteiger partial charge in [0.25, 0.3) is 5.91 Å². The minimum Gasteiger partial charge on any atom is -0.365 e. The number of fused-ring (bicyclic) bond motifs is 1. The first-order valence-corrected chi connectivity index (χ1v) is 9.05. The second-order valence-electron chi connectivity index (χ2n) is 6.72. The summed E-state index contributed by atoms with van der Waals surface area (Å²) in [6.45, 7) is 5.34. The smallest absolute Gasteiger partial charge is 0.271 e. The standard InChI is InChI=1S/C20H22N4O3/c1-13-17(14(2)27-23-13)8-9-21-20(25)18-10-16-12-26-19(11-24(16)22-18)15-6-4-3-5-7-15/h3-7,10,19H,8-9,11-12H2,1-2H3,(H,21,25)/t19-/m0/s1. The SMILES string of the molecule is Cc1noc(C)c1CCNC(=O)c1cc2n(n1)C[C@@H](c1ccccc1)OC2. The van der Waals surface area contributed by atoms with E-state index in [0.717, 1.165) is 28.3 Å². The number of amides is 1. The van der Waals surface area contributed by atoms with Crippen molar-refractivity contribution in [3.63, 3.8) is 0 Å². The zero-order valence-corrected chi connectivity index (χ0v) is 15.4. The van der Waals surface area contributed by atoms with Gasteiger partial charge >= 0.3 is 0 Å². The molecule has 3 aromatic rings. The third-order valence-corrected chi connectivity index (χ3v) is 4.88. The Labute approximate surface area is 157 Å². The van der Waals surface area contributed by atoms with Crippen LogP contribution < -0.4 is 5.32 Å². The van der Waals surface area contributed by atoms with Gasteiger partial charge in [0.1, 0.15) is 11.9 Å². The van der Waals surface area contributed by atoms with Gasteiger partial charge < -0.3 is 14.6 Å². The third-order valence-electron chi connectivity index (χ3n) is 4.88. The van der Waals surface area contributed by atoms with Crippen molar-refractivity contribution in [2.75, 3.05) is 6.54 Å². The zero-order chi connectivity index (χ0) is 18.8. The molecule has 0 spiro atoms. The van der Waals surface area contributed by atoms with Crippen LogP contribution in [-0.2, 0) is 24.3 Å². The molecule has 0 radical (unpaired) electrons. The molecule has 0 unspecified atom stereocenters. The minimum absolute atomic E-state index is 0.0472. The van der Waals surface area contributed by atoms with Crippen LogP contribution in [0.1, 0.15) is 44.9 Å². The van der Waals surface area contributed by atoms with E-state index in [9.17, 15) is 4.79 Å². The Hall–Kier alpha value is -2.93. The maximum Gasteiger partial charge on any atom is 0.271 e. The number of ether oxygens (including phenoxy) is 1. The molecule has 0 saturated heterocycles. The molecule has 4 rings (SSSR count). The summed E-state index contributed by atoms with van der Waals surface area (Å²) < 4.78 is 12.9. The maximum absolute atomic E-state index is 12.4. The van der Waals surface area contributed by atoms with Crippen molar-refractivity contribution >= 4 is 5.91 Å². The van der Waals surface area contributed by atoms with E-state index in [-0.39, 0.29) is 12.0 Å². The van der Waals surface area contributed by atoms with Gasteiger partial charge in [0.05, 0.1) is 24.5 Å². The Bertz CT molecular complexity index is 926. The molecule has 1 atom stereocenters. The number of carbonyl (C=O) groups excluding carboxylic acids is 1. The number of carbonyl (C=O) groups is 1. The average Bonchev–Trinajstić information content (AvgIpc) is 3.26. The van der Waals surface area contributed by atoms with Crippen LogP contribution in [0.3, 0.4) is 0 Å². The molecular formula is C20H22N4O3. The lowest BCUT2D eigenvalue weighted by atomic mass is 10.1. The minimum atomic E-state index is -0.181. The number of hydrogen-bond acceptors (Lipinski definition) is 5. The molecule has 140 valence electrons. The van der Waals surface area contributed by atoms with E-state index in [4.69, 9.17) is 9.26 Å². The quantitative estimate of drug-likeness (QED) is 0.751. The summed E-state index contributed by atoms with van der Waals surface area (Å²) in [6, 6.07) is 11.9. The Morgan fingerprint density at radius 1 is 1.30 bits per heavy atom. The van der Waals surface area contributed by atoms with Gasteiger partial charge in [-0.1, -0.05) is 35.5 Å². The van der Waals surface area contributed by atoms with Gasteiger partial charge in [0.2, 0.25) is 0 Å². The van der Waals surface area contributed by atoms with Crippen LogP contribution in [0.2, 0.25) is 0 Å². The van der Waals surface area contributed by atoms with Gasteiger partial charge in [-0.2, -0.15) is 5.10 Å². The van der Waals surface area contributed by atoms with Crippen molar-refractivity contribution in [1.29, 1.82) is 0 Å². The average molecular weight is 366 g/mol. The van der Waals surface area contributed by atoms with E-state index in [1.165, 1.54) is 0 Å². The van der Waals surface area contributed by atoms with Gasteiger partial charge in [-0.05, 0) is 31.9 Å². The number of aromatic nitrogens is 3. The largest absolute Gasteiger partial charge is 0.365 e. The topological polar surface area (TPSA) is 82.2 Å². The molecule has 1 amide bonds. The van der Waals surface area contributed by atoms with Crippen LogP contribution in [0.25, 0.3) is 0 Å².